The number of ether oxygens (including phenoxy) is 2. The van der Waals surface area contributed by atoms with E-state index in [0.717, 1.165) is 257 Å². The number of aromatic nitrogens is 10. The Kier molecular flexibility index (Phi) is 37.5. The van der Waals surface area contributed by atoms with Crippen LogP contribution >= 0.6 is 113 Å². The second-order valence-corrected chi connectivity index (χ2v) is 53.8. The monoisotopic (exact) mass is 2260 g/mol. The molecule has 0 saturated heterocycles. The standard InChI is InChI=1S/C25H29N5O2S3.C21H22N4O2S3.C21H24N4O2S3.C19H20N4OS3.C18H18N4OS3/c1-4-5-12-35(32)25-22(26)21-18(13-19(29-24(21)34-25)23-27-10-11-33-23)17-8-6-16(7-9-17)14-28-20(31)15-30(2)3;1-27-6-2-8-30(26)21-18(22)17-14(13-9-15(24-11-13)12-3-4-12)10-16(25-20(17)29-21)19-23-5-7-28-19;1-3-5-9-30(26)21-18(22)17-14(13-10-16(24-12-13)27-7-4-2)11-15(25-20(17)29-21)19-23-6-8-28-19;1-3-4-7-27(24)19-16(20)15-13(12-8-11(2)22-10-12)9-14(23-18(15)26-19)17-21-5-6-25-17;1-2-3-6-26(23)16-9-13-12(11-7-15(19)21-10-11)8-14(22-17(13)25-16)18-20-4-5-24-18/h6-11,13H,4-5,12,14-15,26H2,1-3H3,(H,28,31);5,7,10-12H,2-4,6,8-9,22H2,1H3;6,8,11-12H,3-5,7,9-10,22H2,1-2H3;5-6,9-10H,3-4,7-8,20H2,1-2H3;4-5,8-10H,2-3,6-7H2,1H3,(H2,19,21). The van der Waals surface area contributed by atoms with E-state index in [1.807, 2.05) is 132 Å². The number of fused-ring (bicyclic) bond motifs is 5. The lowest BCUT2D eigenvalue weighted by atomic mass is 9.98. The van der Waals surface area contributed by atoms with Crippen LogP contribution in [0.3, 0.4) is 0 Å². The molecular weight excluding hydrogens is 2150 g/mol. The maximum absolute atomic E-state index is 13.0. The maximum Gasteiger partial charge on any atom is 0.234 e. The van der Waals surface area contributed by atoms with Crippen molar-refractivity contribution in [2.75, 3.05) is 92.7 Å². The fourth-order valence-electron chi connectivity index (χ4n) is 16.5. The van der Waals surface area contributed by atoms with Gasteiger partial charge in [0.25, 0.3) is 0 Å². The Bertz CT molecular complexity index is 7880. The molecule has 29 nitrogen and oxygen atoms in total. The number of anilines is 4. The topological polar surface area (TPSA) is 445 Å². The number of allylic oxidation sites excluding steroid dienone is 2. The molecule has 44 heteroatoms. The lowest BCUT2D eigenvalue weighted by Crippen LogP contribution is -2.32. The molecule has 16 aromatic rings. The number of unbranched alkanes of at least 4 members (excludes halogenated alkanes) is 4. The highest BCUT2D eigenvalue weighted by atomic mass is 32.2. The van der Waals surface area contributed by atoms with E-state index in [9.17, 15) is 25.8 Å². The van der Waals surface area contributed by atoms with Crippen molar-refractivity contribution in [3.63, 3.8) is 0 Å². The Morgan fingerprint density at radius 1 is 0.426 bits per heavy atom. The van der Waals surface area contributed by atoms with Gasteiger partial charge in [-0.3, -0.25) is 35.8 Å². The van der Waals surface area contributed by atoms with Crippen LogP contribution in [-0.4, -0.2) is 175 Å². The third-order valence-corrected chi connectivity index (χ3v) is 42.9. The number of nitrogens with one attached hydrogen (secondary N) is 1. The normalized spacial score (nSPS) is 14.9. The number of carbonyl (C=O) groups excluding carboxylic acids is 1. The first-order valence-electron chi connectivity index (χ1n) is 48.5. The third kappa shape index (κ3) is 25.9. The first-order valence-corrected chi connectivity index (χ1v) is 63.6. The van der Waals surface area contributed by atoms with Crippen molar-refractivity contribution in [2.24, 2.45) is 31.6 Å². The summed E-state index contributed by atoms with van der Waals surface area (Å²) in [5.41, 5.74) is 52.1. The van der Waals surface area contributed by atoms with Crippen LogP contribution in [0, 0.1) is 5.92 Å². The van der Waals surface area contributed by atoms with E-state index < -0.39 is 54.0 Å². The number of rotatable bonds is 38. The number of thiazole rings is 5. The molecule has 19 heterocycles. The van der Waals surface area contributed by atoms with Gasteiger partial charge in [0.05, 0.1) is 101 Å². The first kappa shape index (κ1) is 109. The zero-order chi connectivity index (χ0) is 104. The summed E-state index contributed by atoms with van der Waals surface area (Å²) < 4.78 is 78.6. The minimum absolute atomic E-state index is 0.0161. The van der Waals surface area contributed by atoms with Gasteiger partial charge >= 0.3 is 0 Å². The second kappa shape index (κ2) is 51.1. The molecule has 1 saturated carbocycles. The average molecular weight is 2270 g/mol. The third-order valence-electron chi connectivity index (χ3n) is 24.1. The van der Waals surface area contributed by atoms with E-state index in [0.29, 0.717) is 121 Å². The fourth-order valence-corrected chi connectivity index (χ4v) is 33.1. The molecule has 1 amide bonds. The highest BCUT2D eigenvalue weighted by molar-refractivity contribution is 7.89. The zero-order valence-corrected chi connectivity index (χ0v) is 95.3. The number of likely N-dealkylation sites (N-methyl/N-ethyl adjacent to an activating group) is 1. The van der Waals surface area contributed by atoms with Crippen LogP contribution in [0.5, 0.6) is 0 Å². The molecule has 4 aliphatic heterocycles. The molecule has 21 rings (SSSR count). The summed E-state index contributed by atoms with van der Waals surface area (Å²) in [6.45, 7) is 14.5. The van der Waals surface area contributed by atoms with Crippen LogP contribution in [-0.2, 0) is 74.8 Å². The van der Waals surface area contributed by atoms with Gasteiger partial charge in [0.15, 0.2) is 5.90 Å². The number of thiophene rings is 5. The number of benzene rings is 1. The van der Waals surface area contributed by atoms with Crippen molar-refractivity contribution in [3.8, 4) is 64.6 Å². The van der Waals surface area contributed by atoms with E-state index in [4.69, 9.17) is 63.1 Å². The molecule has 0 spiro atoms. The van der Waals surface area contributed by atoms with Crippen molar-refractivity contribution in [1.29, 1.82) is 0 Å². The summed E-state index contributed by atoms with van der Waals surface area (Å²) in [5.74, 6) is 5.01. The van der Waals surface area contributed by atoms with Gasteiger partial charge in [-0.05, 0) is 176 Å². The largest absolute Gasteiger partial charge is 0.481 e. The van der Waals surface area contributed by atoms with Crippen molar-refractivity contribution >= 4 is 293 Å². The van der Waals surface area contributed by atoms with Crippen molar-refractivity contribution in [2.45, 2.75) is 172 Å². The summed E-state index contributed by atoms with van der Waals surface area (Å²) in [6, 6.07) is 20.3. The molecule has 772 valence electrons. The lowest BCUT2D eigenvalue weighted by Gasteiger charge is -2.11. The van der Waals surface area contributed by atoms with Crippen LogP contribution in [0.25, 0.3) is 138 Å². The maximum atomic E-state index is 13.0. The number of pyridine rings is 5. The molecule has 1 aromatic carbocycles. The van der Waals surface area contributed by atoms with Crippen LogP contribution in [0.15, 0.2) is 184 Å². The number of carbonyl (C=O) groups is 1. The molecule has 5 aliphatic rings. The number of hydrogen-bond donors (Lipinski definition) is 6. The molecule has 0 bridgehead atoms. The highest BCUT2D eigenvalue weighted by Crippen LogP contribution is 2.50. The van der Waals surface area contributed by atoms with E-state index in [2.05, 4.69) is 90.9 Å². The number of methoxy groups -OCH3 is 1. The summed E-state index contributed by atoms with van der Waals surface area (Å²) in [4.78, 5) is 81.8. The lowest BCUT2D eigenvalue weighted by molar-refractivity contribution is -0.121. The number of hydrogen-bond acceptors (Lipinski definition) is 38. The molecule has 1 fully saturated rings. The SMILES string of the molecule is CCCCS(=O)c1cc2c(C3=CN=C(N)C3)cc(-c3nccs3)nc2s1.CCCCS(=O)c1sc2nc(-c3nccs3)cc(-c3ccc(CNC(=O)CN(C)C)cc3)c2c1N.CCCCS(=O)c1sc2nc(-c3nccs3)cc(C3=CN=C(C)C3)c2c1N.CCCCS(=O)c1sc2nc(-c3nccs3)cc(C3=CN=C(OCCC)C3)c2c1N.COCCCS(=O)c1sc2nc(-c3nccs3)cc(C3=CN=C(C4CC4)C3)c2c1N. The number of amidine groups is 1. The van der Waals surface area contributed by atoms with Crippen LogP contribution < -0.4 is 34.0 Å². The Hall–Kier alpha value is -10.5. The van der Waals surface area contributed by atoms with E-state index >= 15 is 0 Å². The highest BCUT2D eigenvalue weighted by Gasteiger charge is 2.34. The predicted molar refractivity (Wildman–Crippen MR) is 629 cm³/mol. The summed E-state index contributed by atoms with van der Waals surface area (Å²) in [7, 11) is -0.146. The molecule has 0 radical (unpaired) electrons. The van der Waals surface area contributed by atoms with Gasteiger partial charge in [-0.2, -0.15) is 0 Å². The van der Waals surface area contributed by atoms with E-state index in [-0.39, 0.29) is 5.91 Å². The predicted octanol–water partition coefficient (Wildman–Crippen LogP) is 24.5. The van der Waals surface area contributed by atoms with Crippen LogP contribution in [0.1, 0.15) is 172 Å². The van der Waals surface area contributed by atoms with Crippen LogP contribution in [0.4, 0.5) is 22.7 Å². The van der Waals surface area contributed by atoms with Gasteiger partial charge in [0, 0.05) is 189 Å². The van der Waals surface area contributed by atoms with E-state index in [1.165, 1.54) is 86.6 Å². The summed E-state index contributed by atoms with van der Waals surface area (Å²) in [5, 5.41) is 21.4. The number of aliphatic imine (C=N–C) groups is 4. The van der Waals surface area contributed by atoms with Crippen molar-refractivity contribution < 1.29 is 35.3 Å². The van der Waals surface area contributed by atoms with Gasteiger partial charge in [0.1, 0.15) is 100 Å². The number of nitrogen functional groups attached to an aromatic ring is 4. The Labute approximate surface area is 911 Å². The van der Waals surface area contributed by atoms with Crippen molar-refractivity contribution in [3.05, 3.63) is 171 Å². The Balaban J connectivity index is 0.000000127. The van der Waals surface area contributed by atoms with Gasteiger partial charge < -0.3 is 48.4 Å². The fraction of sp³-hybridized carbons (Fsp3) is 0.337. The minimum atomic E-state index is -1.17. The molecule has 5 unspecified atom stereocenters. The molecule has 1 aliphatic carbocycles. The van der Waals surface area contributed by atoms with Gasteiger partial charge in [-0.25, -0.2) is 59.8 Å². The van der Waals surface area contributed by atoms with E-state index in [1.54, 1.807) is 83.4 Å². The van der Waals surface area contributed by atoms with Gasteiger partial charge in [-0.15, -0.1) is 113 Å². The second-order valence-electron chi connectivity index (χ2n) is 35.5. The van der Waals surface area contributed by atoms with Crippen molar-refractivity contribution in [1.82, 2.24) is 60.1 Å². The average Bonchev–Trinajstić information content (AvgIpc) is 1.53. The van der Waals surface area contributed by atoms with Crippen LogP contribution in [0.2, 0.25) is 0 Å². The Morgan fingerprint density at radius 3 is 1.20 bits per heavy atom. The number of nitrogens with two attached hydrogens (primary N) is 5. The summed E-state index contributed by atoms with van der Waals surface area (Å²) >= 11 is 15.0. The number of amides is 1. The molecular formula is C104H113N21O8S15. The minimum Gasteiger partial charge on any atom is -0.481 e. The quantitative estimate of drug-likeness (QED) is 0.0196. The zero-order valence-electron chi connectivity index (χ0n) is 83.1. The first-order chi connectivity index (χ1) is 71.9. The summed E-state index contributed by atoms with van der Waals surface area (Å²) in [6.07, 6.45) is 31.1. The molecule has 11 N–H and O–H groups in total. The molecule has 5 atom stereocenters. The molecule has 148 heavy (non-hydrogen) atoms. The smallest absolute Gasteiger partial charge is 0.234 e. The number of nitrogens with zero attached hydrogens (tertiary/aromatic N) is 15. The van der Waals surface area contributed by atoms with Gasteiger partial charge in [-0.1, -0.05) is 84.6 Å². The molecule has 15 aromatic heterocycles. The van der Waals surface area contributed by atoms with Gasteiger partial charge in [0.2, 0.25) is 5.91 Å². The Morgan fingerprint density at radius 2 is 0.811 bits per heavy atom.